The number of imidazole rings is 1. The van der Waals surface area contributed by atoms with Crippen molar-refractivity contribution in [2.75, 3.05) is 0 Å². The lowest BCUT2D eigenvalue weighted by Gasteiger charge is -2.08. The van der Waals surface area contributed by atoms with Crippen LogP contribution in [0.3, 0.4) is 0 Å². The zero-order valence-corrected chi connectivity index (χ0v) is 12.2. The van der Waals surface area contributed by atoms with Crippen LogP contribution in [0.4, 0.5) is 4.39 Å². The molecule has 0 spiro atoms. The molecule has 21 heavy (non-hydrogen) atoms. The lowest BCUT2D eigenvalue weighted by atomic mass is 10.2. The monoisotopic (exact) mass is 319 g/mol. The van der Waals surface area contributed by atoms with Gasteiger partial charge in [0.2, 0.25) is 0 Å². The predicted octanol–water partition coefficient (Wildman–Crippen LogP) is 4.43. The number of rotatable bonds is 2. The molecule has 3 rings (SSSR count). The Morgan fingerprint density at radius 2 is 2.05 bits per heavy atom. The highest BCUT2D eigenvalue weighted by molar-refractivity contribution is 6.31. The molecule has 3 aromatic rings. The molecule has 0 atom stereocenters. The summed E-state index contributed by atoms with van der Waals surface area (Å²) in [5.41, 5.74) is 2.08. The Morgan fingerprint density at radius 1 is 1.24 bits per heavy atom. The third-order valence-electron chi connectivity index (χ3n) is 3.13. The van der Waals surface area contributed by atoms with Crippen LogP contribution in [0.5, 0.6) is 0 Å². The van der Waals surface area contributed by atoms with Crippen LogP contribution in [0.2, 0.25) is 5.02 Å². The first kappa shape index (κ1) is 13.9. The van der Waals surface area contributed by atoms with Gasteiger partial charge in [0.05, 0.1) is 22.5 Å². The van der Waals surface area contributed by atoms with Crippen molar-refractivity contribution in [3.63, 3.8) is 0 Å². The van der Waals surface area contributed by atoms with Crippen LogP contribution in [-0.2, 0) is 5.88 Å². The molecule has 1 heterocycles. The number of benzene rings is 2. The fourth-order valence-electron chi connectivity index (χ4n) is 2.21. The van der Waals surface area contributed by atoms with Gasteiger partial charge in [-0.2, -0.15) is 5.26 Å². The Hall–Kier alpha value is -2.09. The van der Waals surface area contributed by atoms with Crippen LogP contribution in [0, 0.1) is 17.1 Å². The average Bonchev–Trinajstić information content (AvgIpc) is 2.85. The number of nitriles is 1. The molecule has 1 aromatic heterocycles. The summed E-state index contributed by atoms with van der Waals surface area (Å²) in [4.78, 5) is 4.42. The maximum atomic E-state index is 13.5. The van der Waals surface area contributed by atoms with Gasteiger partial charge in [-0.15, -0.1) is 11.6 Å². The Morgan fingerprint density at radius 3 is 2.76 bits per heavy atom. The van der Waals surface area contributed by atoms with E-state index in [1.807, 2.05) is 6.07 Å². The summed E-state index contributed by atoms with van der Waals surface area (Å²) in [6.07, 6.45) is 0. The third-order valence-corrected chi connectivity index (χ3v) is 3.61. The molecule has 0 aliphatic rings. The van der Waals surface area contributed by atoms with Gasteiger partial charge in [-0.3, -0.25) is 4.57 Å². The molecular weight excluding hydrogens is 312 g/mol. The van der Waals surface area contributed by atoms with Crippen molar-refractivity contribution in [2.45, 2.75) is 5.88 Å². The topological polar surface area (TPSA) is 41.6 Å². The van der Waals surface area contributed by atoms with Crippen molar-refractivity contribution in [1.29, 1.82) is 5.26 Å². The highest BCUT2D eigenvalue weighted by Crippen LogP contribution is 2.26. The van der Waals surface area contributed by atoms with E-state index >= 15 is 0 Å². The van der Waals surface area contributed by atoms with E-state index in [9.17, 15) is 4.39 Å². The minimum absolute atomic E-state index is 0.0306. The number of aromatic nitrogens is 2. The number of fused-ring (bicyclic) bond motifs is 1. The molecule has 0 fully saturated rings. The fraction of sp³-hybridized carbons (Fsp3) is 0.0667. The Kier molecular flexibility index (Phi) is 3.54. The smallest absolute Gasteiger partial charge is 0.141 e. The summed E-state index contributed by atoms with van der Waals surface area (Å²) in [6.45, 7) is 0. The molecule has 104 valence electrons. The van der Waals surface area contributed by atoms with E-state index in [1.54, 1.807) is 28.8 Å². The van der Waals surface area contributed by atoms with Crippen molar-refractivity contribution < 1.29 is 4.39 Å². The van der Waals surface area contributed by atoms with Gasteiger partial charge in [-0.05, 0) is 36.4 Å². The van der Waals surface area contributed by atoms with E-state index < -0.39 is 5.82 Å². The average molecular weight is 320 g/mol. The standard InChI is InChI=1S/C15H8Cl2FN3/c16-7-15-20-13-4-1-10(17)6-14(13)21(15)11-2-3-12(18)9(5-11)8-19/h1-6H,7H2. The molecule has 0 radical (unpaired) electrons. The van der Waals surface area contributed by atoms with Crippen molar-refractivity contribution >= 4 is 34.2 Å². The lowest BCUT2D eigenvalue weighted by molar-refractivity contribution is 0.623. The van der Waals surface area contributed by atoms with Gasteiger partial charge in [0, 0.05) is 10.7 Å². The first-order valence-corrected chi connectivity index (χ1v) is 6.98. The van der Waals surface area contributed by atoms with Crippen LogP contribution < -0.4 is 0 Å². The van der Waals surface area contributed by atoms with Crippen LogP contribution in [-0.4, -0.2) is 9.55 Å². The number of hydrogen-bond acceptors (Lipinski definition) is 2. The molecule has 0 unspecified atom stereocenters. The van der Waals surface area contributed by atoms with E-state index in [1.165, 1.54) is 12.1 Å². The Bertz CT molecular complexity index is 880. The first-order chi connectivity index (χ1) is 10.1. The number of halogens is 3. The normalized spacial score (nSPS) is 10.8. The maximum absolute atomic E-state index is 13.5. The molecule has 0 amide bonds. The number of alkyl halides is 1. The summed E-state index contributed by atoms with van der Waals surface area (Å²) < 4.78 is 15.2. The molecular formula is C15H8Cl2FN3. The lowest BCUT2D eigenvalue weighted by Crippen LogP contribution is -2.00. The molecule has 0 aliphatic carbocycles. The highest BCUT2D eigenvalue weighted by atomic mass is 35.5. The van der Waals surface area contributed by atoms with Gasteiger partial charge in [-0.1, -0.05) is 11.6 Å². The van der Waals surface area contributed by atoms with E-state index in [0.29, 0.717) is 16.5 Å². The molecule has 0 N–H and O–H groups in total. The maximum Gasteiger partial charge on any atom is 0.141 e. The van der Waals surface area contributed by atoms with Gasteiger partial charge < -0.3 is 0 Å². The van der Waals surface area contributed by atoms with E-state index in [4.69, 9.17) is 28.5 Å². The van der Waals surface area contributed by atoms with Crippen molar-refractivity contribution in [1.82, 2.24) is 9.55 Å². The molecule has 6 heteroatoms. The molecule has 2 aromatic carbocycles. The van der Waals surface area contributed by atoms with Crippen molar-refractivity contribution in [3.8, 4) is 11.8 Å². The largest absolute Gasteiger partial charge is 0.295 e. The quantitative estimate of drug-likeness (QED) is 0.656. The van der Waals surface area contributed by atoms with Gasteiger partial charge in [0.25, 0.3) is 0 Å². The fourth-order valence-corrected chi connectivity index (χ4v) is 2.56. The summed E-state index contributed by atoms with van der Waals surface area (Å²) in [6, 6.07) is 11.4. The summed E-state index contributed by atoms with van der Waals surface area (Å²) >= 11 is 12.0. The van der Waals surface area contributed by atoms with Crippen molar-refractivity contribution in [2.24, 2.45) is 0 Å². The zero-order valence-electron chi connectivity index (χ0n) is 10.6. The van der Waals surface area contributed by atoms with Crippen LogP contribution >= 0.6 is 23.2 Å². The van der Waals surface area contributed by atoms with Crippen LogP contribution in [0.1, 0.15) is 11.4 Å². The zero-order chi connectivity index (χ0) is 15.0. The summed E-state index contributed by atoms with van der Waals surface area (Å²) in [5.74, 6) is 0.228. The minimum Gasteiger partial charge on any atom is -0.295 e. The van der Waals surface area contributed by atoms with Gasteiger partial charge >= 0.3 is 0 Å². The van der Waals surface area contributed by atoms with E-state index in [2.05, 4.69) is 4.98 Å². The SMILES string of the molecule is N#Cc1cc(-n2c(CCl)nc3ccc(Cl)cc32)ccc1F. The van der Waals surface area contributed by atoms with Crippen LogP contribution in [0.25, 0.3) is 16.7 Å². The van der Waals surface area contributed by atoms with Crippen molar-refractivity contribution in [3.05, 3.63) is 58.6 Å². The second-order valence-electron chi connectivity index (χ2n) is 4.41. The highest BCUT2D eigenvalue weighted by Gasteiger charge is 2.13. The number of nitrogens with zero attached hydrogens (tertiary/aromatic N) is 3. The predicted molar refractivity (Wildman–Crippen MR) is 80.3 cm³/mol. The first-order valence-electron chi connectivity index (χ1n) is 6.07. The minimum atomic E-state index is -0.559. The second kappa shape index (κ2) is 5.36. The molecule has 0 aliphatic heterocycles. The van der Waals surface area contributed by atoms with Gasteiger partial charge in [0.15, 0.2) is 0 Å². The van der Waals surface area contributed by atoms with E-state index in [0.717, 1.165) is 11.0 Å². The summed E-state index contributed by atoms with van der Waals surface area (Å²) in [7, 11) is 0. The molecule has 0 bridgehead atoms. The Labute approximate surface area is 130 Å². The van der Waals surface area contributed by atoms with Crippen LogP contribution in [0.15, 0.2) is 36.4 Å². The molecule has 0 saturated heterocycles. The Balaban J connectivity index is 2.33. The molecule has 3 nitrogen and oxygen atoms in total. The second-order valence-corrected chi connectivity index (χ2v) is 5.11. The number of hydrogen-bond donors (Lipinski definition) is 0. The molecule has 0 saturated carbocycles. The van der Waals surface area contributed by atoms with E-state index in [-0.39, 0.29) is 11.4 Å². The third kappa shape index (κ3) is 2.35. The van der Waals surface area contributed by atoms with Gasteiger partial charge in [-0.25, -0.2) is 9.37 Å². The summed E-state index contributed by atoms with van der Waals surface area (Å²) in [5, 5.41) is 9.52. The van der Waals surface area contributed by atoms with Gasteiger partial charge in [0.1, 0.15) is 17.7 Å².